The van der Waals surface area contributed by atoms with Crippen LogP contribution in [0, 0.1) is 0 Å². The van der Waals surface area contributed by atoms with Gasteiger partial charge < -0.3 is 16.6 Å². The summed E-state index contributed by atoms with van der Waals surface area (Å²) in [6.45, 7) is 0. The van der Waals surface area contributed by atoms with Crippen molar-refractivity contribution in [2.75, 3.05) is 17.2 Å². The number of hydrogen-bond donors (Lipinski definition) is 4. The molecule has 35 heavy (non-hydrogen) atoms. The number of rotatable bonds is 7. The van der Waals surface area contributed by atoms with E-state index in [0.29, 0.717) is 10.8 Å². The van der Waals surface area contributed by atoms with Crippen molar-refractivity contribution >= 4 is 71.6 Å². The molecule has 5 N–H and O–H groups in total. The van der Waals surface area contributed by atoms with Crippen molar-refractivity contribution in [1.82, 2.24) is 3.71 Å². The number of benzene rings is 4. The van der Waals surface area contributed by atoms with Crippen molar-refractivity contribution < 1.29 is 26.7 Å². The Balaban J connectivity index is 2.07. The largest absolute Gasteiger partial charge is 0.480 e. The Morgan fingerprint density at radius 3 is 1.46 bits per heavy atom. The van der Waals surface area contributed by atoms with Crippen LogP contribution in [-0.2, 0) is 24.8 Å². The van der Waals surface area contributed by atoms with Crippen molar-refractivity contribution in [2.24, 2.45) is 0 Å². The number of carbonyl (C=O) groups is 1. The van der Waals surface area contributed by atoms with E-state index in [0.717, 1.165) is 12.1 Å². The molecule has 0 saturated heterocycles. The molecule has 4 aromatic rings. The van der Waals surface area contributed by atoms with Crippen molar-refractivity contribution in [3.8, 4) is 0 Å². The van der Waals surface area contributed by atoms with Gasteiger partial charge in [-0.15, -0.1) is 0 Å². The van der Waals surface area contributed by atoms with Crippen LogP contribution in [-0.4, -0.2) is 43.4 Å². The minimum Gasteiger partial charge on any atom is -0.480 e. The molecule has 0 radical (unpaired) electrons. The highest BCUT2D eigenvalue weighted by Crippen LogP contribution is 2.36. The highest BCUT2D eigenvalue weighted by Gasteiger charge is 2.46. The summed E-state index contributed by atoms with van der Waals surface area (Å²) >= 11 is 3.97. The summed E-state index contributed by atoms with van der Waals surface area (Å²) in [5.74, 6) is -2.28. The van der Waals surface area contributed by atoms with E-state index in [1.54, 1.807) is 36.4 Å². The number of thiol groups is 1. The first kappa shape index (κ1) is 24.8. The molecule has 0 bridgehead atoms. The molecule has 0 aromatic heterocycles. The zero-order chi connectivity index (χ0) is 25.5. The van der Waals surface area contributed by atoms with Crippen molar-refractivity contribution in [1.29, 1.82) is 0 Å². The Morgan fingerprint density at radius 1 is 0.743 bits per heavy atom. The molecule has 0 amide bonds. The standard InChI is InChI=1S/C23H21N3O6S3/c24-18-9-11-21(16-7-3-1-5-14(16)18)34(29,30)26(20(13-33)23(27)28)35(31,32)22-12-10-19(25)15-6-2-4-8-17(15)22/h1-12,20,33H,13,24-25H2,(H,27,28)/t20-/m0/s1. The minimum absolute atomic E-state index is 0.0191. The fraction of sp³-hybridized carbons (Fsp3) is 0.0870. The second kappa shape index (κ2) is 9.04. The monoisotopic (exact) mass is 531 g/mol. The van der Waals surface area contributed by atoms with Gasteiger partial charge in [0.05, 0.1) is 9.79 Å². The minimum atomic E-state index is -4.96. The quantitative estimate of drug-likeness (QED) is 0.209. The van der Waals surface area contributed by atoms with Gasteiger partial charge in [-0.2, -0.15) is 12.6 Å². The summed E-state index contributed by atoms with van der Waals surface area (Å²) in [6.07, 6.45) is 0. The first-order valence-electron chi connectivity index (χ1n) is 10.2. The van der Waals surface area contributed by atoms with E-state index in [4.69, 9.17) is 11.5 Å². The third-order valence-corrected chi connectivity index (χ3v) is 10.4. The van der Waals surface area contributed by atoms with Gasteiger partial charge in [-0.25, -0.2) is 16.8 Å². The molecule has 0 saturated carbocycles. The van der Waals surface area contributed by atoms with Gasteiger partial charge in [0.1, 0.15) is 6.04 Å². The van der Waals surface area contributed by atoms with E-state index in [1.165, 1.54) is 24.3 Å². The molecule has 0 spiro atoms. The summed E-state index contributed by atoms with van der Waals surface area (Å²) in [6, 6.07) is 15.5. The van der Waals surface area contributed by atoms with E-state index in [9.17, 15) is 26.7 Å². The Morgan fingerprint density at radius 2 is 1.11 bits per heavy atom. The summed E-state index contributed by atoms with van der Waals surface area (Å²) in [5.41, 5.74) is 12.5. The molecular weight excluding hydrogens is 510 g/mol. The van der Waals surface area contributed by atoms with Crippen LogP contribution in [0.3, 0.4) is 0 Å². The molecular formula is C23H21N3O6S3. The topological polar surface area (TPSA) is 161 Å². The predicted molar refractivity (Wildman–Crippen MR) is 138 cm³/mol. The van der Waals surface area contributed by atoms with Gasteiger partial charge in [0.25, 0.3) is 20.0 Å². The molecule has 9 nitrogen and oxygen atoms in total. The van der Waals surface area contributed by atoms with Crippen LogP contribution >= 0.6 is 12.6 Å². The van der Waals surface area contributed by atoms with Gasteiger partial charge in [-0.05, 0) is 24.3 Å². The number of anilines is 2. The Hall–Kier alpha value is -3.32. The molecule has 0 aliphatic rings. The maximum atomic E-state index is 14.0. The number of nitrogens with two attached hydrogens (primary N) is 2. The molecule has 182 valence electrons. The van der Waals surface area contributed by atoms with Gasteiger partial charge in [-0.3, -0.25) is 4.79 Å². The van der Waals surface area contributed by atoms with Crippen LogP contribution in [0.1, 0.15) is 0 Å². The second-order valence-corrected chi connectivity index (χ2v) is 11.8. The number of hydrogen-bond acceptors (Lipinski definition) is 8. The SMILES string of the molecule is Nc1ccc(S(=O)(=O)N([C@@H](CS)C(=O)O)S(=O)(=O)c2ccc(N)c3ccccc23)c2ccccc12. The van der Waals surface area contributed by atoms with Crippen LogP contribution in [0.2, 0.25) is 0 Å². The van der Waals surface area contributed by atoms with E-state index in [1.807, 2.05) is 0 Å². The molecule has 4 aromatic carbocycles. The molecule has 1 atom stereocenters. The Bertz CT molecular complexity index is 1570. The first-order valence-corrected chi connectivity index (χ1v) is 13.7. The van der Waals surface area contributed by atoms with Crippen LogP contribution in [0.25, 0.3) is 21.5 Å². The highest BCUT2D eigenvalue weighted by atomic mass is 32.3. The van der Waals surface area contributed by atoms with E-state index >= 15 is 0 Å². The summed E-state index contributed by atoms with van der Waals surface area (Å²) in [5, 5.41) is 10.9. The smallest absolute Gasteiger partial charge is 0.324 e. The number of aliphatic carboxylic acids is 1. The van der Waals surface area contributed by atoms with Gasteiger partial charge in [0.15, 0.2) is 0 Å². The number of sulfonamides is 2. The molecule has 12 heteroatoms. The molecule has 0 aliphatic carbocycles. The average Bonchev–Trinajstić information content (AvgIpc) is 2.82. The van der Waals surface area contributed by atoms with E-state index in [-0.39, 0.29) is 25.9 Å². The summed E-state index contributed by atoms with van der Waals surface area (Å²) < 4.78 is 55.9. The molecule has 0 unspecified atom stereocenters. The maximum Gasteiger partial charge on any atom is 0.324 e. The summed E-state index contributed by atoms with van der Waals surface area (Å²) in [7, 11) is -9.91. The van der Waals surface area contributed by atoms with Crippen LogP contribution in [0.4, 0.5) is 11.4 Å². The predicted octanol–water partition coefficient (Wildman–Crippen LogP) is 2.92. The Labute approximate surface area is 207 Å². The van der Waals surface area contributed by atoms with Crippen LogP contribution in [0.5, 0.6) is 0 Å². The zero-order valence-corrected chi connectivity index (χ0v) is 20.6. The van der Waals surface area contributed by atoms with E-state index < -0.39 is 47.6 Å². The fourth-order valence-corrected chi connectivity index (χ4v) is 8.77. The highest BCUT2D eigenvalue weighted by molar-refractivity contribution is 8.04. The first-order chi connectivity index (χ1) is 16.5. The van der Waals surface area contributed by atoms with Crippen LogP contribution in [0.15, 0.2) is 82.6 Å². The number of nitrogens with zero attached hydrogens (tertiary/aromatic N) is 1. The molecule has 0 fully saturated rings. The number of fused-ring (bicyclic) bond motifs is 2. The lowest BCUT2D eigenvalue weighted by Crippen LogP contribution is -2.49. The third kappa shape index (κ3) is 4.08. The lowest BCUT2D eigenvalue weighted by molar-refractivity contribution is -0.139. The van der Waals surface area contributed by atoms with Crippen molar-refractivity contribution in [2.45, 2.75) is 15.8 Å². The Kier molecular flexibility index (Phi) is 6.40. The number of nitrogen functional groups attached to an aromatic ring is 2. The van der Waals surface area contributed by atoms with Gasteiger partial charge in [-0.1, -0.05) is 52.2 Å². The zero-order valence-electron chi connectivity index (χ0n) is 18.1. The van der Waals surface area contributed by atoms with E-state index in [2.05, 4.69) is 12.6 Å². The van der Waals surface area contributed by atoms with Crippen molar-refractivity contribution in [3.63, 3.8) is 0 Å². The molecule has 0 aliphatic heterocycles. The lowest BCUT2D eigenvalue weighted by atomic mass is 10.1. The third-order valence-electron chi connectivity index (χ3n) is 5.58. The number of carboxylic acids is 1. The van der Waals surface area contributed by atoms with Gasteiger partial charge in [0.2, 0.25) is 0 Å². The lowest BCUT2D eigenvalue weighted by Gasteiger charge is -2.27. The fourth-order valence-electron chi connectivity index (χ4n) is 3.93. The average molecular weight is 532 g/mol. The second-order valence-electron chi connectivity index (χ2n) is 7.67. The summed E-state index contributed by atoms with van der Waals surface area (Å²) in [4.78, 5) is 11.3. The molecule has 0 heterocycles. The normalized spacial score (nSPS) is 13.3. The van der Waals surface area contributed by atoms with Crippen LogP contribution < -0.4 is 11.5 Å². The van der Waals surface area contributed by atoms with Gasteiger partial charge in [0, 0.05) is 38.7 Å². The van der Waals surface area contributed by atoms with Crippen molar-refractivity contribution in [3.05, 3.63) is 72.8 Å². The number of carboxylic acid groups (broad SMARTS) is 1. The maximum absolute atomic E-state index is 14.0. The van der Waals surface area contributed by atoms with Gasteiger partial charge >= 0.3 is 5.97 Å². The molecule has 4 rings (SSSR count).